The quantitative estimate of drug-likeness (QED) is 0.911. The van der Waals surface area contributed by atoms with E-state index >= 15 is 0 Å². The Morgan fingerprint density at radius 3 is 2.39 bits per heavy atom. The molecule has 0 radical (unpaired) electrons. The summed E-state index contributed by atoms with van der Waals surface area (Å²) in [6.07, 6.45) is 1.46. The first-order valence-corrected chi connectivity index (χ1v) is 7.52. The van der Waals surface area contributed by atoms with Crippen molar-refractivity contribution >= 4 is 17.5 Å². The van der Waals surface area contributed by atoms with Crippen molar-refractivity contribution in [3.8, 4) is 0 Å². The number of nitrogens with one attached hydrogen (secondary N) is 2. The monoisotopic (exact) mass is 311 g/mol. The Morgan fingerprint density at radius 2 is 1.74 bits per heavy atom. The zero-order chi connectivity index (χ0) is 17.0. The summed E-state index contributed by atoms with van der Waals surface area (Å²) in [5, 5.41) is 5.59. The Balaban J connectivity index is 2.16. The zero-order valence-electron chi connectivity index (χ0n) is 13.8. The molecule has 5 nitrogen and oxygen atoms in total. The average molecular weight is 311 g/mol. The standard InChI is InChI=1S/C18H21N3O2/c1-11(2)20-18(23)16-10-14(7-8-19-16)17(22)21-15-6-5-12(3)13(4)9-15/h5-11H,1-4H3,(H,20,23)(H,21,22). The molecule has 2 amide bonds. The minimum Gasteiger partial charge on any atom is -0.349 e. The third-order valence-electron chi connectivity index (χ3n) is 3.44. The van der Waals surface area contributed by atoms with Gasteiger partial charge in [-0.2, -0.15) is 0 Å². The number of hydrogen-bond acceptors (Lipinski definition) is 3. The van der Waals surface area contributed by atoms with E-state index < -0.39 is 0 Å². The average Bonchev–Trinajstić information content (AvgIpc) is 2.50. The van der Waals surface area contributed by atoms with Crippen molar-refractivity contribution in [2.45, 2.75) is 33.7 Å². The van der Waals surface area contributed by atoms with E-state index in [1.54, 1.807) is 6.07 Å². The van der Waals surface area contributed by atoms with Gasteiger partial charge in [-0.15, -0.1) is 0 Å². The van der Waals surface area contributed by atoms with E-state index in [0.717, 1.165) is 11.3 Å². The van der Waals surface area contributed by atoms with Crippen molar-refractivity contribution in [1.29, 1.82) is 0 Å². The van der Waals surface area contributed by atoms with Gasteiger partial charge in [0, 0.05) is 23.5 Å². The van der Waals surface area contributed by atoms with Crippen molar-refractivity contribution in [3.05, 3.63) is 58.9 Å². The highest BCUT2D eigenvalue weighted by Crippen LogP contribution is 2.15. The molecular formula is C18H21N3O2. The molecule has 2 rings (SSSR count). The highest BCUT2D eigenvalue weighted by molar-refractivity contribution is 6.05. The van der Waals surface area contributed by atoms with Gasteiger partial charge in [-0.05, 0) is 63.1 Å². The summed E-state index contributed by atoms with van der Waals surface area (Å²) in [6, 6.07) is 8.82. The van der Waals surface area contributed by atoms with Gasteiger partial charge in [0.05, 0.1) is 0 Å². The summed E-state index contributed by atoms with van der Waals surface area (Å²) >= 11 is 0. The topological polar surface area (TPSA) is 71.1 Å². The summed E-state index contributed by atoms with van der Waals surface area (Å²) in [5.74, 6) is -0.560. The highest BCUT2D eigenvalue weighted by atomic mass is 16.2. The van der Waals surface area contributed by atoms with Gasteiger partial charge in [-0.1, -0.05) is 6.07 Å². The molecule has 0 unspecified atom stereocenters. The lowest BCUT2D eigenvalue weighted by molar-refractivity contribution is 0.0938. The Labute approximate surface area is 136 Å². The number of pyridine rings is 1. The van der Waals surface area contributed by atoms with Crippen molar-refractivity contribution in [2.75, 3.05) is 5.32 Å². The van der Waals surface area contributed by atoms with Gasteiger partial charge >= 0.3 is 0 Å². The van der Waals surface area contributed by atoms with Crippen LogP contribution in [0.4, 0.5) is 5.69 Å². The minimum absolute atomic E-state index is 0.0114. The molecule has 1 aromatic carbocycles. The van der Waals surface area contributed by atoms with Crippen LogP contribution in [-0.4, -0.2) is 22.8 Å². The minimum atomic E-state index is -0.291. The van der Waals surface area contributed by atoms with Crippen LogP contribution in [0.25, 0.3) is 0 Å². The smallest absolute Gasteiger partial charge is 0.270 e. The van der Waals surface area contributed by atoms with E-state index in [4.69, 9.17) is 0 Å². The third kappa shape index (κ3) is 4.39. The highest BCUT2D eigenvalue weighted by Gasteiger charge is 2.13. The van der Waals surface area contributed by atoms with E-state index in [1.807, 2.05) is 45.9 Å². The number of nitrogens with zero attached hydrogens (tertiary/aromatic N) is 1. The van der Waals surface area contributed by atoms with Crippen LogP contribution in [0.3, 0.4) is 0 Å². The Kier molecular flexibility index (Phi) is 5.11. The molecule has 0 aliphatic carbocycles. The lowest BCUT2D eigenvalue weighted by Gasteiger charge is -2.10. The van der Waals surface area contributed by atoms with E-state index in [-0.39, 0.29) is 23.6 Å². The SMILES string of the molecule is Cc1ccc(NC(=O)c2ccnc(C(=O)NC(C)C)c2)cc1C. The van der Waals surface area contributed by atoms with Gasteiger partial charge in [0.15, 0.2) is 0 Å². The van der Waals surface area contributed by atoms with E-state index in [2.05, 4.69) is 15.6 Å². The number of anilines is 1. The maximum absolute atomic E-state index is 12.3. The number of aromatic nitrogens is 1. The van der Waals surface area contributed by atoms with Crippen LogP contribution in [0.15, 0.2) is 36.5 Å². The molecule has 0 saturated carbocycles. The van der Waals surface area contributed by atoms with Crippen LogP contribution in [0.5, 0.6) is 0 Å². The molecule has 23 heavy (non-hydrogen) atoms. The Morgan fingerprint density at radius 1 is 1.00 bits per heavy atom. The molecule has 2 aromatic rings. The largest absolute Gasteiger partial charge is 0.349 e. The molecule has 1 heterocycles. The van der Waals surface area contributed by atoms with Gasteiger partial charge < -0.3 is 10.6 Å². The number of rotatable bonds is 4. The molecule has 2 N–H and O–H groups in total. The van der Waals surface area contributed by atoms with Crippen LogP contribution >= 0.6 is 0 Å². The number of amides is 2. The Hall–Kier alpha value is -2.69. The second kappa shape index (κ2) is 7.05. The number of carbonyl (C=O) groups is 2. The summed E-state index contributed by atoms with van der Waals surface area (Å²) < 4.78 is 0. The predicted molar refractivity (Wildman–Crippen MR) is 90.7 cm³/mol. The number of aryl methyl sites for hydroxylation is 2. The second-order valence-corrected chi connectivity index (χ2v) is 5.81. The summed E-state index contributed by atoms with van der Waals surface area (Å²) in [6.45, 7) is 7.75. The van der Waals surface area contributed by atoms with Gasteiger partial charge in [0.1, 0.15) is 5.69 Å². The number of benzene rings is 1. The molecule has 0 fully saturated rings. The first-order valence-electron chi connectivity index (χ1n) is 7.52. The van der Waals surface area contributed by atoms with Crippen molar-refractivity contribution in [2.24, 2.45) is 0 Å². The van der Waals surface area contributed by atoms with E-state index in [9.17, 15) is 9.59 Å². The fraction of sp³-hybridized carbons (Fsp3) is 0.278. The molecule has 0 atom stereocenters. The van der Waals surface area contributed by atoms with Crippen molar-refractivity contribution in [3.63, 3.8) is 0 Å². The number of hydrogen-bond donors (Lipinski definition) is 2. The molecule has 0 spiro atoms. The van der Waals surface area contributed by atoms with Crippen LogP contribution in [0.2, 0.25) is 0 Å². The first-order chi connectivity index (χ1) is 10.9. The van der Waals surface area contributed by atoms with Crippen LogP contribution in [-0.2, 0) is 0 Å². The zero-order valence-corrected chi connectivity index (χ0v) is 13.8. The van der Waals surface area contributed by atoms with Crippen LogP contribution in [0.1, 0.15) is 45.8 Å². The lowest BCUT2D eigenvalue weighted by Crippen LogP contribution is -2.31. The second-order valence-electron chi connectivity index (χ2n) is 5.81. The van der Waals surface area contributed by atoms with Crippen molar-refractivity contribution in [1.82, 2.24) is 10.3 Å². The van der Waals surface area contributed by atoms with Gasteiger partial charge in [-0.3, -0.25) is 14.6 Å². The molecule has 1 aromatic heterocycles. The van der Waals surface area contributed by atoms with Crippen molar-refractivity contribution < 1.29 is 9.59 Å². The summed E-state index contributed by atoms with van der Waals surface area (Å²) in [5.41, 5.74) is 3.62. The molecule has 0 aliphatic rings. The summed E-state index contributed by atoms with van der Waals surface area (Å²) in [4.78, 5) is 28.3. The lowest BCUT2D eigenvalue weighted by atomic mass is 10.1. The maximum Gasteiger partial charge on any atom is 0.270 e. The third-order valence-corrected chi connectivity index (χ3v) is 3.44. The molecule has 120 valence electrons. The predicted octanol–water partition coefficient (Wildman–Crippen LogP) is 3.09. The van der Waals surface area contributed by atoms with Crippen LogP contribution in [0, 0.1) is 13.8 Å². The number of carbonyl (C=O) groups excluding carboxylic acids is 2. The van der Waals surface area contributed by atoms with E-state index in [0.29, 0.717) is 5.56 Å². The van der Waals surface area contributed by atoms with Crippen LogP contribution < -0.4 is 10.6 Å². The normalized spacial score (nSPS) is 10.5. The molecular weight excluding hydrogens is 290 g/mol. The fourth-order valence-electron chi connectivity index (χ4n) is 2.05. The first kappa shape index (κ1) is 16.7. The Bertz CT molecular complexity index is 739. The fourth-order valence-corrected chi connectivity index (χ4v) is 2.05. The van der Waals surface area contributed by atoms with Gasteiger partial charge in [0.2, 0.25) is 0 Å². The molecule has 0 aliphatic heterocycles. The molecule has 0 bridgehead atoms. The van der Waals surface area contributed by atoms with Gasteiger partial charge in [-0.25, -0.2) is 0 Å². The summed E-state index contributed by atoms with van der Waals surface area (Å²) in [7, 11) is 0. The van der Waals surface area contributed by atoms with E-state index in [1.165, 1.54) is 17.8 Å². The maximum atomic E-state index is 12.3. The molecule has 0 saturated heterocycles. The van der Waals surface area contributed by atoms with Gasteiger partial charge in [0.25, 0.3) is 11.8 Å². The molecule has 5 heteroatoms.